The second-order valence-corrected chi connectivity index (χ2v) is 5.72. The third-order valence-electron chi connectivity index (χ3n) is 3.84. The number of fused-ring (bicyclic) bond motifs is 1. The number of carbonyl (C=O) groups is 3. The Labute approximate surface area is 142 Å². The van der Waals surface area contributed by atoms with E-state index >= 15 is 0 Å². The fourth-order valence-corrected chi connectivity index (χ4v) is 2.84. The molecule has 6 nitrogen and oxygen atoms in total. The molecule has 1 atom stereocenters. The minimum Gasteiger partial charge on any atom is -0.465 e. The van der Waals surface area contributed by atoms with Crippen molar-refractivity contribution in [2.75, 3.05) is 6.54 Å². The number of hydrogen-bond donors (Lipinski definition) is 2. The van der Waals surface area contributed by atoms with E-state index in [2.05, 4.69) is 5.32 Å². The zero-order valence-electron chi connectivity index (χ0n) is 12.4. The van der Waals surface area contributed by atoms with Gasteiger partial charge in [0.1, 0.15) is 0 Å². The molecule has 24 heavy (non-hydrogen) atoms. The van der Waals surface area contributed by atoms with Crippen LogP contribution in [0.3, 0.4) is 0 Å². The van der Waals surface area contributed by atoms with Crippen molar-refractivity contribution in [3.8, 4) is 0 Å². The summed E-state index contributed by atoms with van der Waals surface area (Å²) < 4.78 is 0. The van der Waals surface area contributed by atoms with E-state index in [0.717, 1.165) is 4.90 Å². The number of amides is 3. The summed E-state index contributed by atoms with van der Waals surface area (Å²) in [5.41, 5.74) is 1.25. The second-order valence-electron chi connectivity index (χ2n) is 5.28. The second kappa shape index (κ2) is 6.33. The summed E-state index contributed by atoms with van der Waals surface area (Å²) in [5.74, 6) is -0.884. The molecule has 2 N–H and O–H groups in total. The van der Waals surface area contributed by atoms with Crippen LogP contribution >= 0.6 is 11.6 Å². The van der Waals surface area contributed by atoms with Gasteiger partial charge in [-0.3, -0.25) is 14.5 Å². The van der Waals surface area contributed by atoms with Crippen molar-refractivity contribution in [3.05, 3.63) is 70.2 Å². The van der Waals surface area contributed by atoms with Crippen molar-refractivity contribution in [2.45, 2.75) is 6.04 Å². The van der Waals surface area contributed by atoms with Crippen molar-refractivity contribution in [3.63, 3.8) is 0 Å². The van der Waals surface area contributed by atoms with Crippen LogP contribution in [-0.4, -0.2) is 34.5 Å². The van der Waals surface area contributed by atoms with E-state index in [0.29, 0.717) is 21.7 Å². The standard InChI is InChI=1S/C17H13ClN2O4/c18-11-7-5-10(6-8-11)14(9-19-17(23)24)20-15(21)12-3-1-2-4-13(12)16(20)22/h1-8,14,19H,9H2,(H,23,24). The number of nitrogens with zero attached hydrogens (tertiary/aromatic N) is 1. The van der Waals surface area contributed by atoms with Gasteiger partial charge in [-0.15, -0.1) is 0 Å². The fraction of sp³-hybridized carbons (Fsp3) is 0.118. The van der Waals surface area contributed by atoms with Crippen LogP contribution in [0.4, 0.5) is 4.79 Å². The molecule has 1 unspecified atom stereocenters. The van der Waals surface area contributed by atoms with E-state index in [4.69, 9.17) is 16.7 Å². The molecule has 0 bridgehead atoms. The van der Waals surface area contributed by atoms with Crippen LogP contribution in [0.15, 0.2) is 48.5 Å². The summed E-state index contributed by atoms with van der Waals surface area (Å²) in [5, 5.41) is 11.6. The number of nitrogens with one attached hydrogen (secondary N) is 1. The van der Waals surface area contributed by atoms with E-state index in [1.807, 2.05) is 0 Å². The van der Waals surface area contributed by atoms with Gasteiger partial charge in [0.2, 0.25) is 0 Å². The van der Waals surface area contributed by atoms with Gasteiger partial charge in [0, 0.05) is 11.6 Å². The Morgan fingerprint density at radius 2 is 1.58 bits per heavy atom. The highest BCUT2D eigenvalue weighted by Crippen LogP contribution is 2.31. The number of halogens is 1. The Balaban J connectivity index is 2.00. The van der Waals surface area contributed by atoms with Crippen molar-refractivity contribution < 1.29 is 19.5 Å². The van der Waals surface area contributed by atoms with Crippen LogP contribution < -0.4 is 5.32 Å². The van der Waals surface area contributed by atoms with Crippen molar-refractivity contribution in [2.24, 2.45) is 0 Å². The maximum atomic E-state index is 12.6. The predicted molar refractivity (Wildman–Crippen MR) is 87.2 cm³/mol. The molecule has 1 aliphatic heterocycles. The quantitative estimate of drug-likeness (QED) is 0.835. The molecule has 0 aliphatic carbocycles. The summed E-state index contributed by atoms with van der Waals surface area (Å²) in [6.07, 6.45) is -1.23. The van der Waals surface area contributed by atoms with Gasteiger partial charge in [-0.1, -0.05) is 35.9 Å². The zero-order valence-corrected chi connectivity index (χ0v) is 13.2. The van der Waals surface area contributed by atoms with Gasteiger partial charge in [0.25, 0.3) is 11.8 Å². The SMILES string of the molecule is O=C(O)NCC(c1ccc(Cl)cc1)N1C(=O)c2ccccc2C1=O. The average molecular weight is 345 g/mol. The van der Waals surface area contributed by atoms with E-state index in [1.165, 1.54) is 0 Å². The topological polar surface area (TPSA) is 86.7 Å². The molecule has 0 fully saturated rings. The highest BCUT2D eigenvalue weighted by Gasteiger charge is 2.40. The third-order valence-corrected chi connectivity index (χ3v) is 4.09. The van der Waals surface area contributed by atoms with Gasteiger partial charge in [0.15, 0.2) is 0 Å². The summed E-state index contributed by atoms with van der Waals surface area (Å²) in [7, 11) is 0. The van der Waals surface area contributed by atoms with Crippen LogP contribution in [0.5, 0.6) is 0 Å². The van der Waals surface area contributed by atoms with Gasteiger partial charge >= 0.3 is 6.09 Å². The summed E-state index contributed by atoms with van der Waals surface area (Å²) in [6.45, 7) is -0.109. The van der Waals surface area contributed by atoms with Crippen molar-refractivity contribution >= 4 is 29.5 Å². The van der Waals surface area contributed by atoms with Gasteiger partial charge in [0.05, 0.1) is 17.2 Å². The number of rotatable bonds is 4. The van der Waals surface area contributed by atoms with Gasteiger partial charge in [-0.2, -0.15) is 0 Å². The molecule has 0 saturated carbocycles. The Kier molecular flexibility index (Phi) is 4.22. The Morgan fingerprint density at radius 3 is 2.08 bits per heavy atom. The zero-order chi connectivity index (χ0) is 17.3. The summed E-state index contributed by atoms with van der Waals surface area (Å²) in [6, 6.07) is 12.4. The summed E-state index contributed by atoms with van der Waals surface area (Å²) >= 11 is 5.88. The smallest absolute Gasteiger partial charge is 0.404 e. The molecule has 1 aliphatic rings. The first kappa shape index (κ1) is 16.0. The number of benzene rings is 2. The molecule has 3 rings (SSSR count). The fourth-order valence-electron chi connectivity index (χ4n) is 2.72. The first-order valence-corrected chi connectivity index (χ1v) is 7.56. The van der Waals surface area contributed by atoms with Crippen molar-refractivity contribution in [1.29, 1.82) is 0 Å². The van der Waals surface area contributed by atoms with E-state index in [1.54, 1.807) is 48.5 Å². The molecule has 0 saturated heterocycles. The maximum absolute atomic E-state index is 12.6. The van der Waals surface area contributed by atoms with Gasteiger partial charge in [-0.05, 0) is 29.8 Å². The molecule has 2 aromatic rings. The molecule has 2 aromatic carbocycles. The first-order chi connectivity index (χ1) is 11.5. The highest BCUT2D eigenvalue weighted by atomic mass is 35.5. The van der Waals surface area contributed by atoms with Crippen LogP contribution in [0, 0.1) is 0 Å². The lowest BCUT2D eigenvalue weighted by Gasteiger charge is -2.26. The number of carboxylic acid groups (broad SMARTS) is 1. The van der Waals surface area contributed by atoms with E-state index < -0.39 is 23.9 Å². The maximum Gasteiger partial charge on any atom is 0.404 e. The third kappa shape index (κ3) is 2.83. The molecular formula is C17H13ClN2O4. The van der Waals surface area contributed by atoms with Gasteiger partial charge < -0.3 is 10.4 Å². The molecule has 0 aromatic heterocycles. The van der Waals surface area contributed by atoms with Gasteiger partial charge in [-0.25, -0.2) is 4.79 Å². The molecule has 0 spiro atoms. The first-order valence-electron chi connectivity index (χ1n) is 7.18. The molecule has 0 radical (unpaired) electrons. The predicted octanol–water partition coefficient (Wildman–Crippen LogP) is 2.94. The Hall–Kier alpha value is -2.86. The molecule has 3 amide bonds. The monoisotopic (exact) mass is 344 g/mol. The van der Waals surface area contributed by atoms with Crippen LogP contribution in [0.1, 0.15) is 32.3 Å². The molecular weight excluding hydrogens is 332 g/mol. The van der Waals surface area contributed by atoms with Crippen LogP contribution in [-0.2, 0) is 0 Å². The highest BCUT2D eigenvalue weighted by molar-refractivity contribution is 6.30. The van der Waals surface area contributed by atoms with E-state index in [9.17, 15) is 14.4 Å². The lowest BCUT2D eigenvalue weighted by molar-refractivity contribution is 0.0579. The van der Waals surface area contributed by atoms with Crippen molar-refractivity contribution in [1.82, 2.24) is 10.2 Å². The Bertz CT molecular complexity index is 785. The lowest BCUT2D eigenvalue weighted by Crippen LogP contribution is -2.40. The minimum absolute atomic E-state index is 0.109. The minimum atomic E-state index is -1.23. The molecule has 122 valence electrons. The molecule has 7 heteroatoms. The van der Waals surface area contributed by atoms with E-state index in [-0.39, 0.29) is 6.54 Å². The van der Waals surface area contributed by atoms with Crippen LogP contribution in [0.25, 0.3) is 0 Å². The Morgan fingerprint density at radius 1 is 1.04 bits per heavy atom. The number of carbonyl (C=O) groups excluding carboxylic acids is 2. The largest absolute Gasteiger partial charge is 0.465 e. The van der Waals surface area contributed by atoms with Crippen LogP contribution in [0.2, 0.25) is 5.02 Å². The lowest BCUT2D eigenvalue weighted by atomic mass is 10.1. The molecule has 1 heterocycles. The number of hydrogen-bond acceptors (Lipinski definition) is 3. The number of imide groups is 1. The average Bonchev–Trinajstić information content (AvgIpc) is 2.82. The normalized spacial score (nSPS) is 14.5. The summed E-state index contributed by atoms with van der Waals surface area (Å²) in [4.78, 5) is 37.2.